The first-order valence-electron chi connectivity index (χ1n) is 7.95. The maximum atomic E-state index is 12.5. The van der Waals surface area contributed by atoms with Crippen molar-refractivity contribution in [2.24, 2.45) is 0 Å². The maximum Gasteiger partial charge on any atom is 0.269 e. The third-order valence-corrected chi connectivity index (χ3v) is 4.01. The smallest absolute Gasteiger partial charge is 0.269 e. The molecule has 0 fully saturated rings. The summed E-state index contributed by atoms with van der Waals surface area (Å²) in [4.78, 5) is 32.8. The molecule has 0 N–H and O–H groups in total. The van der Waals surface area contributed by atoms with Gasteiger partial charge in [-0.15, -0.1) is 0 Å². The lowest BCUT2D eigenvalue weighted by molar-refractivity contribution is -0.688. The van der Waals surface area contributed by atoms with Crippen LogP contribution in [0.2, 0.25) is 0 Å². The first kappa shape index (κ1) is 17.9. The molecular formula is C19H14N3O5+. The van der Waals surface area contributed by atoms with Gasteiger partial charge in [-0.3, -0.25) is 25.0 Å². The second-order valence-electron chi connectivity index (χ2n) is 5.82. The van der Waals surface area contributed by atoms with Gasteiger partial charge in [-0.1, -0.05) is 0 Å². The van der Waals surface area contributed by atoms with Crippen molar-refractivity contribution in [1.82, 2.24) is 0 Å². The van der Waals surface area contributed by atoms with E-state index in [9.17, 15) is 25.0 Å². The Balaban J connectivity index is 1.71. The highest BCUT2D eigenvalue weighted by molar-refractivity contribution is 6.08. The molecule has 0 bridgehead atoms. The number of nitrogens with zero attached hydrogens (tertiary/aromatic N) is 3. The van der Waals surface area contributed by atoms with Crippen LogP contribution < -0.4 is 4.57 Å². The lowest BCUT2D eigenvalue weighted by atomic mass is 10.0. The normalized spacial score (nSPS) is 10.4. The second kappa shape index (κ2) is 7.52. The van der Waals surface area contributed by atoms with Crippen LogP contribution in [0.15, 0.2) is 73.1 Å². The predicted octanol–water partition coefficient (Wildman–Crippen LogP) is 3.07. The Morgan fingerprint density at radius 3 is 1.67 bits per heavy atom. The van der Waals surface area contributed by atoms with Crippen molar-refractivity contribution >= 4 is 17.2 Å². The molecule has 1 heterocycles. The third kappa shape index (κ3) is 4.18. The van der Waals surface area contributed by atoms with Crippen molar-refractivity contribution in [3.8, 4) is 0 Å². The molecule has 8 nitrogen and oxygen atoms in total. The van der Waals surface area contributed by atoms with E-state index in [-0.39, 0.29) is 17.2 Å². The van der Waals surface area contributed by atoms with Crippen LogP contribution in [0.4, 0.5) is 11.4 Å². The van der Waals surface area contributed by atoms with Gasteiger partial charge in [-0.25, -0.2) is 4.57 Å². The van der Waals surface area contributed by atoms with Gasteiger partial charge in [0.2, 0.25) is 0 Å². The van der Waals surface area contributed by atoms with Gasteiger partial charge >= 0.3 is 0 Å². The van der Waals surface area contributed by atoms with Crippen LogP contribution in [0.5, 0.6) is 0 Å². The SMILES string of the molecule is O=C(c1ccc([N+](=O)[O-])cc1)c1cc[n+](Cc2ccc([N+](=O)[O-])cc2)cc1. The van der Waals surface area contributed by atoms with E-state index in [2.05, 4.69) is 0 Å². The zero-order chi connectivity index (χ0) is 19.4. The Kier molecular flexibility index (Phi) is 4.98. The van der Waals surface area contributed by atoms with Crippen molar-refractivity contribution in [3.05, 3.63) is 110 Å². The van der Waals surface area contributed by atoms with Gasteiger partial charge < -0.3 is 0 Å². The van der Waals surface area contributed by atoms with Crippen LogP contribution in [0.1, 0.15) is 21.5 Å². The Hall–Kier alpha value is -3.94. The average molecular weight is 364 g/mol. The van der Waals surface area contributed by atoms with E-state index in [4.69, 9.17) is 0 Å². The number of pyridine rings is 1. The molecule has 0 saturated carbocycles. The molecule has 0 spiro atoms. The number of carbonyl (C=O) groups excluding carboxylic acids is 1. The Morgan fingerprint density at radius 1 is 0.741 bits per heavy atom. The van der Waals surface area contributed by atoms with Gasteiger partial charge in [0.05, 0.1) is 9.85 Å². The van der Waals surface area contributed by atoms with Gasteiger partial charge in [0.15, 0.2) is 24.7 Å². The molecule has 0 radical (unpaired) electrons. The van der Waals surface area contributed by atoms with Crippen molar-refractivity contribution in [1.29, 1.82) is 0 Å². The number of benzene rings is 2. The fraction of sp³-hybridized carbons (Fsp3) is 0.0526. The number of carbonyl (C=O) groups is 1. The predicted molar refractivity (Wildman–Crippen MR) is 95.4 cm³/mol. The summed E-state index contributed by atoms with van der Waals surface area (Å²) in [6, 6.07) is 15.0. The molecule has 0 saturated heterocycles. The monoisotopic (exact) mass is 364 g/mol. The fourth-order valence-corrected chi connectivity index (χ4v) is 2.55. The third-order valence-electron chi connectivity index (χ3n) is 4.01. The quantitative estimate of drug-likeness (QED) is 0.289. The van der Waals surface area contributed by atoms with Crippen molar-refractivity contribution in [2.75, 3.05) is 0 Å². The first-order chi connectivity index (χ1) is 12.9. The zero-order valence-electron chi connectivity index (χ0n) is 14.0. The number of rotatable bonds is 6. The van der Waals surface area contributed by atoms with E-state index in [1.807, 2.05) is 4.57 Å². The summed E-state index contributed by atoms with van der Waals surface area (Å²) in [5, 5.41) is 21.4. The number of hydrogen-bond donors (Lipinski definition) is 0. The molecule has 0 aliphatic heterocycles. The summed E-state index contributed by atoms with van der Waals surface area (Å²) in [6.45, 7) is 0.504. The maximum absolute atomic E-state index is 12.5. The number of nitro groups is 2. The molecule has 27 heavy (non-hydrogen) atoms. The van der Waals surface area contributed by atoms with Crippen molar-refractivity contribution in [3.63, 3.8) is 0 Å². The molecule has 134 valence electrons. The van der Waals surface area contributed by atoms with Gasteiger partial charge in [0.25, 0.3) is 11.4 Å². The van der Waals surface area contributed by atoms with Crippen LogP contribution in [0.25, 0.3) is 0 Å². The number of non-ortho nitro benzene ring substituents is 2. The average Bonchev–Trinajstić information content (AvgIpc) is 2.68. The number of aromatic nitrogens is 1. The largest absolute Gasteiger partial charge is 0.289 e. The zero-order valence-corrected chi connectivity index (χ0v) is 14.0. The highest BCUT2D eigenvalue weighted by Gasteiger charge is 2.13. The first-order valence-corrected chi connectivity index (χ1v) is 7.95. The summed E-state index contributed by atoms with van der Waals surface area (Å²) >= 11 is 0. The van der Waals surface area contributed by atoms with E-state index >= 15 is 0 Å². The summed E-state index contributed by atoms with van der Waals surface area (Å²) in [5.41, 5.74) is 1.69. The van der Waals surface area contributed by atoms with Crippen LogP contribution in [0, 0.1) is 20.2 Å². The van der Waals surface area contributed by atoms with Gasteiger partial charge in [0.1, 0.15) is 0 Å². The molecule has 0 atom stereocenters. The van der Waals surface area contributed by atoms with Gasteiger partial charge in [0, 0.05) is 53.1 Å². The molecule has 2 aromatic carbocycles. The summed E-state index contributed by atoms with van der Waals surface area (Å²) in [5.74, 6) is -0.229. The van der Waals surface area contributed by atoms with E-state index < -0.39 is 9.85 Å². The second-order valence-corrected chi connectivity index (χ2v) is 5.82. The molecule has 3 aromatic rings. The van der Waals surface area contributed by atoms with E-state index in [1.165, 1.54) is 36.4 Å². The van der Waals surface area contributed by atoms with E-state index in [0.29, 0.717) is 17.7 Å². The summed E-state index contributed by atoms with van der Waals surface area (Å²) in [7, 11) is 0. The lowest BCUT2D eigenvalue weighted by Gasteiger charge is -2.02. The minimum Gasteiger partial charge on any atom is -0.289 e. The van der Waals surface area contributed by atoms with Crippen LogP contribution in [0.3, 0.4) is 0 Å². The molecule has 0 amide bonds. The molecule has 0 unspecified atom stereocenters. The van der Waals surface area contributed by atoms with E-state index in [1.54, 1.807) is 36.7 Å². The standard InChI is InChI=1S/C19H14N3O5/c23-19(15-3-7-18(8-4-15)22(26)27)16-9-11-20(12-10-16)13-14-1-5-17(6-2-14)21(24)25/h1-12H,13H2/q+1. The van der Waals surface area contributed by atoms with E-state index in [0.717, 1.165) is 5.56 Å². The van der Waals surface area contributed by atoms with Crippen molar-refractivity contribution in [2.45, 2.75) is 6.54 Å². The lowest BCUT2D eigenvalue weighted by Crippen LogP contribution is -2.33. The Labute approximate surface area is 153 Å². The van der Waals surface area contributed by atoms with Crippen molar-refractivity contribution < 1.29 is 19.2 Å². The molecule has 0 aliphatic carbocycles. The van der Waals surface area contributed by atoms with Crippen LogP contribution in [-0.4, -0.2) is 15.6 Å². The molecule has 8 heteroatoms. The molecule has 1 aromatic heterocycles. The molecule has 0 aliphatic rings. The topological polar surface area (TPSA) is 107 Å². The van der Waals surface area contributed by atoms with Gasteiger partial charge in [-0.2, -0.15) is 0 Å². The number of ketones is 1. The Morgan fingerprint density at radius 2 is 1.19 bits per heavy atom. The van der Waals surface area contributed by atoms with Gasteiger partial charge in [-0.05, 0) is 24.3 Å². The summed E-state index contributed by atoms with van der Waals surface area (Å²) < 4.78 is 1.84. The Bertz CT molecular complexity index is 997. The van der Waals surface area contributed by atoms with Crippen LogP contribution >= 0.6 is 0 Å². The molecular weight excluding hydrogens is 350 g/mol. The molecule has 3 rings (SSSR count). The highest BCUT2D eigenvalue weighted by atomic mass is 16.6. The minimum absolute atomic E-state index is 0.0350. The highest BCUT2D eigenvalue weighted by Crippen LogP contribution is 2.15. The summed E-state index contributed by atoms with van der Waals surface area (Å²) in [6.07, 6.45) is 3.47. The number of hydrogen-bond acceptors (Lipinski definition) is 5. The number of nitro benzene ring substituents is 2. The van der Waals surface area contributed by atoms with Crippen LogP contribution in [-0.2, 0) is 6.54 Å². The minimum atomic E-state index is -0.516. The fourth-order valence-electron chi connectivity index (χ4n) is 2.55.